The number of hydrogen-bond donors (Lipinski definition) is 2. The highest BCUT2D eigenvalue weighted by molar-refractivity contribution is 5.50. The first-order chi connectivity index (χ1) is 8.58. The normalized spacial score (nSPS) is 11.6. The number of hydrogen-bond acceptors (Lipinski definition) is 6. The Labute approximate surface area is 104 Å². The van der Waals surface area contributed by atoms with Gasteiger partial charge < -0.3 is 10.4 Å². The van der Waals surface area contributed by atoms with E-state index in [1.54, 1.807) is 6.07 Å². The lowest BCUT2D eigenvalue weighted by Gasteiger charge is -2.10. The molecule has 0 aliphatic carbocycles. The highest BCUT2D eigenvalue weighted by atomic mass is 16.6. The van der Waals surface area contributed by atoms with Crippen molar-refractivity contribution in [2.75, 3.05) is 11.9 Å². The second-order valence-electron chi connectivity index (χ2n) is 3.76. The van der Waals surface area contributed by atoms with Crippen LogP contribution in [0.4, 0.5) is 11.5 Å². The summed E-state index contributed by atoms with van der Waals surface area (Å²) in [4.78, 5) is 13.8. The summed E-state index contributed by atoms with van der Waals surface area (Å²) in [5.74, 6) is 0.340. The van der Waals surface area contributed by atoms with Gasteiger partial charge >= 0.3 is 5.69 Å². The standard InChI is InChI=1S/C11H14N4O3/c1-2-3-8(16)7-13-11-5-4-10(15(17)18)9(6-12)14-11/h4-5,8,16H,2-3,7H2,1H3,(H,13,14). The molecule has 7 heteroatoms. The quantitative estimate of drug-likeness (QED) is 0.583. The van der Waals surface area contributed by atoms with Gasteiger partial charge in [0.1, 0.15) is 11.9 Å². The molecule has 0 aliphatic heterocycles. The van der Waals surface area contributed by atoms with Gasteiger partial charge in [0.2, 0.25) is 5.69 Å². The number of anilines is 1. The van der Waals surface area contributed by atoms with E-state index in [2.05, 4.69) is 10.3 Å². The van der Waals surface area contributed by atoms with Crippen LogP contribution in [0.15, 0.2) is 12.1 Å². The van der Waals surface area contributed by atoms with Crippen molar-refractivity contribution in [2.45, 2.75) is 25.9 Å². The van der Waals surface area contributed by atoms with E-state index in [-0.39, 0.29) is 11.4 Å². The van der Waals surface area contributed by atoms with Crippen molar-refractivity contribution < 1.29 is 10.0 Å². The van der Waals surface area contributed by atoms with Gasteiger partial charge in [-0.25, -0.2) is 4.98 Å². The number of nitrogens with one attached hydrogen (secondary N) is 1. The first kappa shape index (κ1) is 13.9. The molecule has 0 aliphatic rings. The molecular weight excluding hydrogens is 236 g/mol. The van der Waals surface area contributed by atoms with E-state index >= 15 is 0 Å². The summed E-state index contributed by atoms with van der Waals surface area (Å²) in [6.07, 6.45) is 1.02. The van der Waals surface area contributed by atoms with Gasteiger partial charge in [-0.1, -0.05) is 13.3 Å². The Balaban J connectivity index is 2.75. The minimum atomic E-state index is -0.652. The number of pyridine rings is 1. The monoisotopic (exact) mass is 250 g/mol. The number of aliphatic hydroxyl groups is 1. The second kappa shape index (κ2) is 6.51. The fourth-order valence-corrected chi connectivity index (χ4v) is 1.44. The van der Waals surface area contributed by atoms with Crippen molar-refractivity contribution in [3.8, 4) is 6.07 Å². The molecule has 0 aromatic carbocycles. The molecule has 2 N–H and O–H groups in total. The summed E-state index contributed by atoms with van der Waals surface area (Å²) in [6.45, 7) is 2.25. The number of nitrogens with zero attached hydrogens (tertiary/aromatic N) is 3. The van der Waals surface area contributed by atoms with E-state index in [0.717, 1.165) is 6.42 Å². The van der Waals surface area contributed by atoms with E-state index in [9.17, 15) is 15.2 Å². The van der Waals surface area contributed by atoms with E-state index in [0.29, 0.717) is 18.8 Å². The van der Waals surface area contributed by atoms with Crippen LogP contribution in [0.2, 0.25) is 0 Å². The summed E-state index contributed by atoms with van der Waals surface area (Å²) in [6, 6.07) is 4.31. The van der Waals surface area contributed by atoms with Crippen LogP contribution in [0.5, 0.6) is 0 Å². The van der Waals surface area contributed by atoms with E-state index in [4.69, 9.17) is 5.26 Å². The third kappa shape index (κ3) is 3.68. The fourth-order valence-electron chi connectivity index (χ4n) is 1.44. The summed E-state index contributed by atoms with van der Waals surface area (Å²) in [5, 5.41) is 31.7. The molecule has 1 rings (SSSR count). The van der Waals surface area contributed by atoms with Crippen LogP contribution in [0.25, 0.3) is 0 Å². The van der Waals surface area contributed by atoms with Crippen LogP contribution in [0, 0.1) is 21.4 Å². The molecule has 18 heavy (non-hydrogen) atoms. The average molecular weight is 250 g/mol. The van der Waals surface area contributed by atoms with E-state index in [1.165, 1.54) is 12.1 Å². The van der Waals surface area contributed by atoms with E-state index in [1.807, 2.05) is 6.92 Å². The van der Waals surface area contributed by atoms with Crippen LogP contribution < -0.4 is 5.32 Å². The molecule has 1 heterocycles. The second-order valence-corrected chi connectivity index (χ2v) is 3.76. The van der Waals surface area contributed by atoms with Crippen molar-refractivity contribution in [1.29, 1.82) is 5.26 Å². The highest BCUT2D eigenvalue weighted by Gasteiger charge is 2.15. The predicted octanol–water partition coefficient (Wildman–Crippen LogP) is 1.43. The first-order valence-corrected chi connectivity index (χ1v) is 5.56. The van der Waals surface area contributed by atoms with Crippen molar-refractivity contribution >= 4 is 11.5 Å². The maximum absolute atomic E-state index is 10.6. The Morgan fingerprint density at radius 3 is 2.94 bits per heavy atom. The van der Waals surface area contributed by atoms with Gasteiger partial charge in [0, 0.05) is 12.6 Å². The number of rotatable bonds is 6. The minimum Gasteiger partial charge on any atom is -0.391 e. The molecule has 0 spiro atoms. The Morgan fingerprint density at radius 2 is 2.39 bits per heavy atom. The van der Waals surface area contributed by atoms with Gasteiger partial charge in [-0.3, -0.25) is 10.1 Å². The Morgan fingerprint density at radius 1 is 1.67 bits per heavy atom. The zero-order chi connectivity index (χ0) is 13.5. The summed E-state index contributed by atoms with van der Waals surface area (Å²) in [7, 11) is 0. The number of nitro groups is 1. The molecule has 1 atom stereocenters. The van der Waals surface area contributed by atoms with Crippen molar-refractivity contribution in [3.05, 3.63) is 27.9 Å². The largest absolute Gasteiger partial charge is 0.391 e. The van der Waals surface area contributed by atoms with Crippen molar-refractivity contribution in [2.24, 2.45) is 0 Å². The average Bonchev–Trinajstić information content (AvgIpc) is 2.36. The highest BCUT2D eigenvalue weighted by Crippen LogP contribution is 2.18. The molecule has 0 radical (unpaired) electrons. The van der Waals surface area contributed by atoms with Crippen LogP contribution in [-0.4, -0.2) is 27.7 Å². The molecule has 0 saturated heterocycles. The fraction of sp³-hybridized carbons (Fsp3) is 0.455. The van der Waals surface area contributed by atoms with Gasteiger partial charge in [-0.15, -0.1) is 0 Å². The van der Waals surface area contributed by atoms with Crippen LogP contribution in [-0.2, 0) is 0 Å². The van der Waals surface area contributed by atoms with Gasteiger partial charge in [0.15, 0.2) is 0 Å². The summed E-state index contributed by atoms with van der Waals surface area (Å²) < 4.78 is 0. The molecule has 1 unspecified atom stereocenters. The molecule has 0 saturated carbocycles. The lowest BCUT2D eigenvalue weighted by atomic mass is 10.2. The lowest BCUT2D eigenvalue weighted by Crippen LogP contribution is -2.19. The van der Waals surface area contributed by atoms with Gasteiger partial charge in [0.05, 0.1) is 11.0 Å². The SMILES string of the molecule is CCCC(O)CNc1ccc([N+](=O)[O-])c(C#N)n1. The molecule has 96 valence electrons. The van der Waals surface area contributed by atoms with Gasteiger partial charge in [-0.05, 0) is 12.5 Å². The third-order valence-electron chi connectivity index (χ3n) is 2.32. The molecule has 0 amide bonds. The zero-order valence-corrected chi connectivity index (χ0v) is 9.96. The Kier molecular flexibility index (Phi) is 5.02. The van der Waals surface area contributed by atoms with Crippen LogP contribution >= 0.6 is 0 Å². The molecule has 7 nitrogen and oxygen atoms in total. The Bertz CT molecular complexity index is 470. The zero-order valence-electron chi connectivity index (χ0n) is 9.96. The third-order valence-corrected chi connectivity index (χ3v) is 2.32. The van der Waals surface area contributed by atoms with Gasteiger partial charge in [0.25, 0.3) is 0 Å². The van der Waals surface area contributed by atoms with Gasteiger partial charge in [-0.2, -0.15) is 5.26 Å². The Hall–Kier alpha value is -2.20. The predicted molar refractivity (Wildman–Crippen MR) is 65.0 cm³/mol. The summed E-state index contributed by atoms with van der Waals surface area (Å²) in [5.41, 5.74) is -0.563. The van der Waals surface area contributed by atoms with E-state index < -0.39 is 11.0 Å². The maximum Gasteiger partial charge on any atom is 0.305 e. The van der Waals surface area contributed by atoms with Crippen molar-refractivity contribution in [3.63, 3.8) is 0 Å². The molecule has 0 bridgehead atoms. The van der Waals surface area contributed by atoms with Crippen molar-refractivity contribution in [1.82, 2.24) is 4.98 Å². The molecule has 0 fully saturated rings. The number of aliphatic hydroxyl groups excluding tert-OH is 1. The van der Waals surface area contributed by atoms with Crippen LogP contribution in [0.3, 0.4) is 0 Å². The number of nitriles is 1. The number of aromatic nitrogens is 1. The molecular formula is C11H14N4O3. The molecule has 1 aromatic rings. The first-order valence-electron chi connectivity index (χ1n) is 5.56. The maximum atomic E-state index is 10.6. The summed E-state index contributed by atoms with van der Waals surface area (Å²) >= 11 is 0. The minimum absolute atomic E-state index is 0.241. The molecule has 1 aromatic heterocycles. The van der Waals surface area contributed by atoms with Crippen LogP contribution in [0.1, 0.15) is 25.5 Å². The smallest absolute Gasteiger partial charge is 0.305 e. The lowest BCUT2D eigenvalue weighted by molar-refractivity contribution is -0.385. The topological polar surface area (TPSA) is 112 Å².